The summed E-state index contributed by atoms with van der Waals surface area (Å²) < 4.78 is 19.4. The second-order valence-electron chi connectivity index (χ2n) is 6.27. The highest BCUT2D eigenvalue weighted by atomic mass is 35.5. The van der Waals surface area contributed by atoms with E-state index in [1.807, 2.05) is 0 Å². The molecular weight excluding hydrogens is 416 g/mol. The van der Waals surface area contributed by atoms with Gasteiger partial charge in [-0.25, -0.2) is 4.39 Å². The average molecular weight is 430 g/mol. The van der Waals surface area contributed by atoms with Crippen molar-refractivity contribution < 1.29 is 13.9 Å². The standard InChI is InChI=1S/C21H14Cl2FN3O2/c22-14-7-13(8-15(23)9-14)21(28)25-20-17-6-5-16(10-19(17)26-27-20)29-11-12-3-1-2-4-18(12)24/h1-10H,11H2,(H2,25,26,27,28). The number of amides is 1. The lowest BCUT2D eigenvalue weighted by atomic mass is 10.2. The molecule has 1 amide bonds. The van der Waals surface area contributed by atoms with Gasteiger partial charge in [-0.1, -0.05) is 41.4 Å². The molecule has 0 saturated heterocycles. The van der Waals surface area contributed by atoms with E-state index in [-0.39, 0.29) is 18.3 Å². The number of hydrogen-bond acceptors (Lipinski definition) is 3. The molecule has 2 N–H and O–H groups in total. The molecule has 0 aliphatic rings. The molecule has 0 atom stereocenters. The van der Waals surface area contributed by atoms with E-state index in [1.54, 1.807) is 42.5 Å². The predicted octanol–water partition coefficient (Wildman–Crippen LogP) is 5.84. The summed E-state index contributed by atoms with van der Waals surface area (Å²) in [7, 11) is 0. The number of aromatic amines is 1. The Morgan fingerprint density at radius 3 is 2.59 bits per heavy atom. The van der Waals surface area contributed by atoms with E-state index >= 15 is 0 Å². The van der Waals surface area contributed by atoms with Crippen molar-refractivity contribution >= 4 is 45.8 Å². The molecule has 4 aromatic rings. The lowest BCUT2D eigenvalue weighted by Gasteiger charge is -2.07. The van der Waals surface area contributed by atoms with Crippen molar-refractivity contribution in [3.8, 4) is 5.75 Å². The highest BCUT2D eigenvalue weighted by molar-refractivity contribution is 6.35. The minimum absolute atomic E-state index is 0.103. The van der Waals surface area contributed by atoms with Crippen LogP contribution in [0.3, 0.4) is 0 Å². The third kappa shape index (κ3) is 4.34. The van der Waals surface area contributed by atoms with Gasteiger partial charge in [-0.15, -0.1) is 0 Å². The number of ether oxygens (including phenoxy) is 1. The van der Waals surface area contributed by atoms with Gasteiger partial charge in [0.05, 0.1) is 5.52 Å². The molecule has 146 valence electrons. The predicted molar refractivity (Wildman–Crippen MR) is 111 cm³/mol. The molecule has 0 spiro atoms. The Balaban J connectivity index is 1.51. The van der Waals surface area contributed by atoms with Crippen molar-refractivity contribution in [2.45, 2.75) is 6.61 Å². The van der Waals surface area contributed by atoms with E-state index < -0.39 is 0 Å². The van der Waals surface area contributed by atoms with E-state index in [2.05, 4.69) is 15.5 Å². The molecule has 29 heavy (non-hydrogen) atoms. The Hall–Kier alpha value is -3.09. The van der Waals surface area contributed by atoms with Gasteiger partial charge in [0.2, 0.25) is 0 Å². The zero-order valence-electron chi connectivity index (χ0n) is 14.9. The maximum Gasteiger partial charge on any atom is 0.256 e. The lowest BCUT2D eigenvalue weighted by molar-refractivity contribution is 0.102. The van der Waals surface area contributed by atoms with Crippen LogP contribution in [0.25, 0.3) is 10.9 Å². The summed E-state index contributed by atoms with van der Waals surface area (Å²) in [4.78, 5) is 12.5. The van der Waals surface area contributed by atoms with Crippen molar-refractivity contribution in [1.29, 1.82) is 0 Å². The third-order valence-electron chi connectivity index (χ3n) is 4.24. The number of halogens is 3. The molecule has 0 radical (unpaired) electrons. The van der Waals surface area contributed by atoms with Crippen LogP contribution in [-0.2, 0) is 6.61 Å². The summed E-state index contributed by atoms with van der Waals surface area (Å²) >= 11 is 11.9. The highest BCUT2D eigenvalue weighted by Crippen LogP contribution is 2.26. The van der Waals surface area contributed by atoms with Crippen molar-refractivity contribution in [2.75, 3.05) is 5.32 Å². The smallest absolute Gasteiger partial charge is 0.256 e. The lowest BCUT2D eigenvalue weighted by Crippen LogP contribution is -2.12. The van der Waals surface area contributed by atoms with Crippen LogP contribution in [0, 0.1) is 5.82 Å². The zero-order chi connectivity index (χ0) is 20.4. The third-order valence-corrected chi connectivity index (χ3v) is 4.68. The minimum Gasteiger partial charge on any atom is -0.489 e. The first-order valence-corrected chi connectivity index (χ1v) is 9.37. The van der Waals surface area contributed by atoms with Crippen LogP contribution in [0.2, 0.25) is 10.0 Å². The van der Waals surface area contributed by atoms with E-state index in [0.717, 1.165) is 0 Å². The molecule has 5 nitrogen and oxygen atoms in total. The topological polar surface area (TPSA) is 67.0 Å². The van der Waals surface area contributed by atoms with Gasteiger partial charge >= 0.3 is 0 Å². The number of benzene rings is 3. The first-order valence-electron chi connectivity index (χ1n) is 8.61. The SMILES string of the molecule is O=C(Nc1n[nH]c2cc(OCc3ccccc3F)ccc12)c1cc(Cl)cc(Cl)c1. The Kier molecular flexibility index (Phi) is 5.38. The number of hydrogen-bond donors (Lipinski definition) is 2. The number of fused-ring (bicyclic) bond motifs is 1. The number of anilines is 1. The maximum absolute atomic E-state index is 13.7. The Morgan fingerprint density at radius 2 is 1.83 bits per heavy atom. The van der Waals surface area contributed by atoms with Gasteiger partial charge in [-0.2, -0.15) is 5.10 Å². The molecule has 1 aromatic heterocycles. The molecule has 0 aliphatic carbocycles. The van der Waals surface area contributed by atoms with Crippen LogP contribution in [0.15, 0.2) is 60.7 Å². The zero-order valence-corrected chi connectivity index (χ0v) is 16.4. The number of nitrogens with zero attached hydrogens (tertiary/aromatic N) is 1. The molecular formula is C21H14Cl2FN3O2. The monoisotopic (exact) mass is 429 g/mol. The summed E-state index contributed by atoms with van der Waals surface area (Å²) in [5.41, 5.74) is 1.45. The number of carbonyl (C=O) groups is 1. The van der Waals surface area contributed by atoms with Gasteiger partial charge in [0.1, 0.15) is 18.2 Å². The summed E-state index contributed by atoms with van der Waals surface area (Å²) in [6, 6.07) is 16.2. The first-order chi connectivity index (χ1) is 14.0. The van der Waals surface area contributed by atoms with Crippen LogP contribution in [0.1, 0.15) is 15.9 Å². The number of H-pyrrole nitrogens is 1. The molecule has 4 rings (SSSR count). The molecule has 0 saturated carbocycles. The molecule has 1 heterocycles. The van der Waals surface area contributed by atoms with E-state index in [1.165, 1.54) is 18.2 Å². The summed E-state index contributed by atoms with van der Waals surface area (Å²) in [5, 5.41) is 11.2. The molecule has 0 unspecified atom stereocenters. The molecule has 0 bridgehead atoms. The van der Waals surface area contributed by atoms with Gasteiger partial charge in [0, 0.05) is 32.6 Å². The van der Waals surface area contributed by atoms with Crippen LogP contribution in [0.4, 0.5) is 10.2 Å². The summed E-state index contributed by atoms with van der Waals surface area (Å²) in [5.74, 6) is 0.203. The Labute approximate surface area is 175 Å². The Morgan fingerprint density at radius 1 is 1.07 bits per heavy atom. The molecule has 3 aromatic carbocycles. The van der Waals surface area contributed by atoms with Gasteiger partial charge in [0.15, 0.2) is 5.82 Å². The normalized spacial score (nSPS) is 10.9. The van der Waals surface area contributed by atoms with E-state index in [9.17, 15) is 9.18 Å². The number of nitrogens with one attached hydrogen (secondary N) is 2. The first kappa shape index (κ1) is 19.2. The van der Waals surface area contributed by atoms with Crippen molar-refractivity contribution in [3.05, 3.63) is 87.7 Å². The molecule has 0 fully saturated rings. The Bertz CT molecular complexity index is 1190. The number of aromatic nitrogens is 2. The van der Waals surface area contributed by atoms with Gasteiger partial charge in [0.25, 0.3) is 5.91 Å². The van der Waals surface area contributed by atoms with Crippen molar-refractivity contribution in [3.63, 3.8) is 0 Å². The fourth-order valence-electron chi connectivity index (χ4n) is 2.82. The molecule has 0 aliphatic heterocycles. The minimum atomic E-state index is -0.386. The second-order valence-corrected chi connectivity index (χ2v) is 7.14. The van der Waals surface area contributed by atoms with Crippen molar-refractivity contribution in [1.82, 2.24) is 10.2 Å². The van der Waals surface area contributed by atoms with Crippen LogP contribution in [0.5, 0.6) is 5.75 Å². The number of carbonyl (C=O) groups excluding carboxylic acids is 1. The average Bonchev–Trinajstić information content (AvgIpc) is 3.08. The largest absolute Gasteiger partial charge is 0.489 e. The highest BCUT2D eigenvalue weighted by Gasteiger charge is 2.13. The molecule has 8 heteroatoms. The van der Waals surface area contributed by atoms with Gasteiger partial charge in [-0.3, -0.25) is 9.89 Å². The number of rotatable bonds is 5. The summed E-state index contributed by atoms with van der Waals surface area (Å²) in [6.07, 6.45) is 0. The second kappa shape index (κ2) is 8.11. The van der Waals surface area contributed by atoms with Gasteiger partial charge in [-0.05, 0) is 36.4 Å². The fraction of sp³-hybridized carbons (Fsp3) is 0.0476. The van der Waals surface area contributed by atoms with Crippen LogP contribution in [-0.4, -0.2) is 16.1 Å². The fourth-order valence-corrected chi connectivity index (χ4v) is 3.35. The van der Waals surface area contributed by atoms with Crippen molar-refractivity contribution in [2.24, 2.45) is 0 Å². The quantitative estimate of drug-likeness (QED) is 0.418. The van der Waals surface area contributed by atoms with E-state index in [4.69, 9.17) is 27.9 Å². The maximum atomic E-state index is 13.7. The van der Waals surface area contributed by atoms with Crippen LogP contribution < -0.4 is 10.1 Å². The van der Waals surface area contributed by atoms with Gasteiger partial charge < -0.3 is 10.1 Å². The van der Waals surface area contributed by atoms with E-state index in [0.29, 0.717) is 43.6 Å². The van der Waals surface area contributed by atoms with Crippen LogP contribution >= 0.6 is 23.2 Å². The summed E-state index contributed by atoms with van der Waals surface area (Å²) in [6.45, 7) is 0.103.